The first-order valence-corrected chi connectivity index (χ1v) is 6.17. The van der Waals surface area contributed by atoms with E-state index in [2.05, 4.69) is 20.8 Å². The van der Waals surface area contributed by atoms with Gasteiger partial charge < -0.3 is 9.47 Å². The smallest absolute Gasteiger partial charge is 0.338 e. The number of ether oxygens (including phenoxy) is 2. The zero-order chi connectivity index (χ0) is 12.4. The van der Waals surface area contributed by atoms with Gasteiger partial charge in [0.05, 0.1) is 17.3 Å². The molecular formula is C14H18O3. The molecule has 2 atom stereocenters. The molecule has 1 aliphatic carbocycles. The molecule has 92 valence electrons. The Balaban J connectivity index is 2.22. The predicted octanol–water partition coefficient (Wildman–Crippen LogP) is 2.93. The van der Waals surface area contributed by atoms with Crippen LogP contribution in [0.1, 0.15) is 40.5 Å². The van der Waals surface area contributed by atoms with Gasteiger partial charge in [0.2, 0.25) is 0 Å². The average Bonchev–Trinajstić information content (AvgIpc) is 2.47. The molecule has 3 aliphatic rings. The molecule has 0 bridgehead atoms. The molecule has 17 heavy (non-hydrogen) atoms. The van der Waals surface area contributed by atoms with Gasteiger partial charge in [0.25, 0.3) is 0 Å². The fourth-order valence-electron chi connectivity index (χ4n) is 3.66. The monoisotopic (exact) mass is 234 g/mol. The van der Waals surface area contributed by atoms with Gasteiger partial charge in [-0.3, -0.25) is 0 Å². The minimum Gasteiger partial charge on any atom is -0.469 e. The van der Waals surface area contributed by atoms with Gasteiger partial charge in [0.1, 0.15) is 11.9 Å². The van der Waals surface area contributed by atoms with Crippen LogP contribution in [-0.4, -0.2) is 12.1 Å². The summed E-state index contributed by atoms with van der Waals surface area (Å²) in [4.78, 5) is 12.0. The molecule has 0 spiro atoms. The third-order valence-corrected chi connectivity index (χ3v) is 4.64. The van der Waals surface area contributed by atoms with Gasteiger partial charge in [-0.1, -0.05) is 13.8 Å². The van der Waals surface area contributed by atoms with E-state index in [4.69, 9.17) is 9.47 Å². The van der Waals surface area contributed by atoms with E-state index < -0.39 is 0 Å². The number of esters is 1. The first-order valence-electron chi connectivity index (χ1n) is 6.17. The van der Waals surface area contributed by atoms with Crippen molar-refractivity contribution in [3.63, 3.8) is 0 Å². The second-order valence-electron chi connectivity index (χ2n) is 6.10. The van der Waals surface area contributed by atoms with Crippen LogP contribution in [0, 0.1) is 10.8 Å². The Labute approximate surface area is 101 Å². The molecule has 3 nitrogen and oxygen atoms in total. The number of carbonyl (C=O) groups excluding carboxylic acids is 1. The summed E-state index contributed by atoms with van der Waals surface area (Å²) in [6.07, 6.45) is 3.79. The lowest BCUT2D eigenvalue weighted by Gasteiger charge is -2.47. The summed E-state index contributed by atoms with van der Waals surface area (Å²) in [5, 5.41) is 0. The molecule has 0 amide bonds. The third kappa shape index (κ3) is 1.15. The van der Waals surface area contributed by atoms with E-state index in [0.717, 1.165) is 18.4 Å². The molecule has 0 N–H and O–H groups in total. The zero-order valence-corrected chi connectivity index (χ0v) is 10.8. The maximum absolute atomic E-state index is 12.0. The lowest BCUT2D eigenvalue weighted by molar-refractivity contribution is -0.140. The molecule has 0 aromatic rings. The highest BCUT2D eigenvalue weighted by molar-refractivity contribution is 5.94. The molecule has 1 saturated heterocycles. The normalized spacial score (nSPS) is 38.2. The number of allylic oxidation sites excluding steroid dienone is 1. The fraction of sp³-hybridized carbons (Fsp3) is 0.643. The van der Waals surface area contributed by atoms with Crippen molar-refractivity contribution < 1.29 is 14.3 Å². The molecule has 2 aliphatic heterocycles. The molecule has 0 aromatic heterocycles. The van der Waals surface area contributed by atoms with Gasteiger partial charge >= 0.3 is 5.97 Å². The summed E-state index contributed by atoms with van der Waals surface area (Å²) in [5.74, 6) is 0.500. The van der Waals surface area contributed by atoms with Crippen LogP contribution < -0.4 is 0 Å². The van der Waals surface area contributed by atoms with Gasteiger partial charge in [-0.2, -0.15) is 0 Å². The Morgan fingerprint density at radius 3 is 2.76 bits per heavy atom. The molecule has 0 radical (unpaired) electrons. The van der Waals surface area contributed by atoms with Crippen molar-refractivity contribution in [2.45, 2.75) is 46.6 Å². The van der Waals surface area contributed by atoms with Crippen molar-refractivity contribution in [1.82, 2.24) is 0 Å². The van der Waals surface area contributed by atoms with E-state index >= 15 is 0 Å². The average molecular weight is 234 g/mol. The van der Waals surface area contributed by atoms with Gasteiger partial charge in [0.15, 0.2) is 0 Å². The Morgan fingerprint density at radius 2 is 2.06 bits per heavy atom. The molecular weight excluding hydrogens is 216 g/mol. The highest BCUT2D eigenvalue weighted by atomic mass is 16.6. The molecule has 2 heterocycles. The SMILES string of the molecule is CC1=C2C(=O)O[C@H]3CCC(C)(C)C(=CO1)[C@@]23C. The molecule has 3 rings (SSSR count). The first kappa shape index (κ1) is 10.9. The van der Waals surface area contributed by atoms with Crippen LogP contribution in [-0.2, 0) is 14.3 Å². The Kier molecular flexibility index (Phi) is 1.89. The van der Waals surface area contributed by atoms with E-state index in [1.165, 1.54) is 5.57 Å². The van der Waals surface area contributed by atoms with Gasteiger partial charge in [-0.05, 0) is 37.7 Å². The van der Waals surface area contributed by atoms with Gasteiger partial charge in [-0.25, -0.2) is 4.79 Å². The van der Waals surface area contributed by atoms with Crippen LogP contribution in [0.3, 0.4) is 0 Å². The van der Waals surface area contributed by atoms with Crippen molar-refractivity contribution in [1.29, 1.82) is 0 Å². The summed E-state index contributed by atoms with van der Waals surface area (Å²) in [6, 6.07) is 0. The quantitative estimate of drug-likeness (QED) is 0.604. The van der Waals surface area contributed by atoms with E-state index in [1.54, 1.807) is 0 Å². The minimum atomic E-state index is -0.277. The Hall–Kier alpha value is -1.25. The molecule has 1 saturated carbocycles. The van der Waals surface area contributed by atoms with E-state index in [-0.39, 0.29) is 22.9 Å². The highest BCUT2D eigenvalue weighted by Crippen LogP contribution is 2.60. The number of hydrogen-bond donors (Lipinski definition) is 0. The van der Waals surface area contributed by atoms with Crippen molar-refractivity contribution in [3.05, 3.63) is 23.2 Å². The van der Waals surface area contributed by atoms with Gasteiger partial charge in [-0.15, -0.1) is 0 Å². The lowest BCUT2D eigenvalue weighted by atomic mass is 9.57. The second kappa shape index (κ2) is 2.95. The first-order chi connectivity index (χ1) is 7.87. The maximum atomic E-state index is 12.0. The zero-order valence-electron chi connectivity index (χ0n) is 10.8. The van der Waals surface area contributed by atoms with Crippen molar-refractivity contribution >= 4 is 5.97 Å². The van der Waals surface area contributed by atoms with E-state index in [1.807, 2.05) is 13.2 Å². The molecule has 0 unspecified atom stereocenters. The maximum Gasteiger partial charge on any atom is 0.338 e. The summed E-state index contributed by atoms with van der Waals surface area (Å²) < 4.78 is 11.1. The molecule has 2 fully saturated rings. The minimum absolute atomic E-state index is 0.0110. The van der Waals surface area contributed by atoms with Crippen LogP contribution >= 0.6 is 0 Å². The summed E-state index contributed by atoms with van der Waals surface area (Å²) in [5.41, 5.74) is 1.73. The van der Waals surface area contributed by atoms with Crippen molar-refractivity contribution in [2.24, 2.45) is 10.8 Å². The van der Waals surface area contributed by atoms with Crippen LogP contribution in [0.25, 0.3) is 0 Å². The second-order valence-corrected chi connectivity index (χ2v) is 6.10. The highest BCUT2D eigenvalue weighted by Gasteiger charge is 2.60. The summed E-state index contributed by atoms with van der Waals surface area (Å²) >= 11 is 0. The van der Waals surface area contributed by atoms with Crippen molar-refractivity contribution in [2.75, 3.05) is 0 Å². The predicted molar refractivity (Wildman–Crippen MR) is 62.9 cm³/mol. The topological polar surface area (TPSA) is 35.5 Å². The standard InChI is InChI=1S/C14H18O3/c1-8-11-12(15)17-10-5-6-13(2,3)9(7-16-8)14(10,11)4/h7,10H,5-6H2,1-4H3/t10-,14+/m0/s1. The molecule has 0 aromatic carbocycles. The Bertz CT molecular complexity index is 470. The summed E-state index contributed by atoms with van der Waals surface area (Å²) in [6.45, 7) is 8.39. The van der Waals surface area contributed by atoms with Crippen LogP contribution in [0.2, 0.25) is 0 Å². The molecule has 3 heteroatoms. The lowest BCUT2D eigenvalue weighted by Crippen LogP contribution is -2.44. The third-order valence-electron chi connectivity index (χ3n) is 4.64. The Morgan fingerprint density at radius 1 is 1.35 bits per heavy atom. The van der Waals surface area contributed by atoms with Crippen LogP contribution in [0.15, 0.2) is 23.2 Å². The number of hydrogen-bond acceptors (Lipinski definition) is 3. The van der Waals surface area contributed by atoms with E-state index in [9.17, 15) is 4.79 Å². The van der Waals surface area contributed by atoms with Crippen LogP contribution in [0.4, 0.5) is 0 Å². The largest absolute Gasteiger partial charge is 0.469 e. The van der Waals surface area contributed by atoms with Crippen LogP contribution in [0.5, 0.6) is 0 Å². The van der Waals surface area contributed by atoms with E-state index in [0.29, 0.717) is 5.76 Å². The number of carbonyl (C=O) groups is 1. The summed E-state index contributed by atoms with van der Waals surface area (Å²) in [7, 11) is 0. The van der Waals surface area contributed by atoms with Gasteiger partial charge in [0, 0.05) is 0 Å². The number of rotatable bonds is 0. The van der Waals surface area contributed by atoms with Crippen molar-refractivity contribution in [3.8, 4) is 0 Å². The fourth-order valence-corrected chi connectivity index (χ4v) is 3.66.